The number of rotatable bonds is 7. The average Bonchev–Trinajstić information content (AvgIpc) is 2.43. The molecule has 1 aliphatic heterocycles. The van der Waals surface area contributed by atoms with Gasteiger partial charge in [-0.25, -0.2) is 0 Å². The van der Waals surface area contributed by atoms with Crippen molar-refractivity contribution in [3.63, 3.8) is 0 Å². The fraction of sp³-hybridized carbons (Fsp3) is 0.909. The van der Waals surface area contributed by atoms with Gasteiger partial charge in [0.05, 0.1) is 6.61 Å². The van der Waals surface area contributed by atoms with Crippen molar-refractivity contribution < 1.29 is 52.4 Å². The maximum Gasteiger partial charge on any atom is 0.302 e. The van der Waals surface area contributed by atoms with E-state index in [1.54, 1.807) is 0 Å². The van der Waals surface area contributed by atoms with E-state index in [0.29, 0.717) is 0 Å². The molecule has 1 heterocycles. The van der Waals surface area contributed by atoms with E-state index in [-0.39, 0.29) is 6.61 Å². The van der Waals surface area contributed by atoms with Crippen LogP contribution in [-0.2, 0) is 29.1 Å². The van der Waals surface area contributed by atoms with Crippen LogP contribution in [0, 0.1) is 0 Å². The molecule has 0 radical (unpaired) electrons. The predicted octanol–water partition coefficient (Wildman–Crippen LogP) is -3.38. The summed E-state index contributed by atoms with van der Waals surface area (Å²) in [5.74, 6) is -1.64. The van der Waals surface area contributed by atoms with Crippen LogP contribution in [0.4, 0.5) is 0 Å². The van der Waals surface area contributed by atoms with Crippen LogP contribution in [0.25, 0.3) is 0 Å². The van der Waals surface area contributed by atoms with Gasteiger partial charge in [0.2, 0.25) is 0 Å². The summed E-state index contributed by atoms with van der Waals surface area (Å²) in [7, 11) is -4.51. The Balaban J connectivity index is 2.61. The van der Waals surface area contributed by atoms with Crippen LogP contribution in [0.15, 0.2) is 0 Å². The quantitative estimate of drug-likeness (QED) is 0.226. The molecule has 12 heteroatoms. The maximum atomic E-state index is 10.8. The molecule has 0 unspecified atom stereocenters. The molecule has 6 atom stereocenters. The normalized spacial score (nSPS) is 33.2. The van der Waals surface area contributed by atoms with Gasteiger partial charge in [0.25, 0.3) is 10.1 Å². The molecule has 0 amide bonds. The standard InChI is InChI=1S/C11H20O11S/c1-5(12)20-2-6(13)3-21-11-10(16)9(15)8(14)7(22-11)4-23(17,18)19/h6-11,13-16H,2-4H2,1H3,(H,17,18,19)/t6-,7-,8-,9+,10-,11-/m1/s1. The lowest BCUT2D eigenvalue weighted by atomic mass is 10.00. The maximum absolute atomic E-state index is 10.8. The van der Waals surface area contributed by atoms with Gasteiger partial charge in [0, 0.05) is 6.92 Å². The third-order valence-corrected chi connectivity index (χ3v) is 3.73. The monoisotopic (exact) mass is 360 g/mol. The highest BCUT2D eigenvalue weighted by atomic mass is 32.2. The minimum atomic E-state index is -4.51. The highest BCUT2D eigenvalue weighted by Gasteiger charge is 2.45. The number of ether oxygens (including phenoxy) is 3. The molecule has 1 saturated heterocycles. The van der Waals surface area contributed by atoms with Crippen molar-refractivity contribution in [2.45, 2.75) is 43.7 Å². The fourth-order valence-electron chi connectivity index (χ4n) is 1.87. The van der Waals surface area contributed by atoms with Crippen LogP contribution in [0.5, 0.6) is 0 Å². The number of hydrogen-bond acceptors (Lipinski definition) is 10. The molecule has 0 aromatic carbocycles. The highest BCUT2D eigenvalue weighted by Crippen LogP contribution is 2.23. The third kappa shape index (κ3) is 6.64. The molecule has 23 heavy (non-hydrogen) atoms. The minimum Gasteiger partial charge on any atom is -0.463 e. The van der Waals surface area contributed by atoms with E-state index < -0.39 is 65.3 Å². The van der Waals surface area contributed by atoms with E-state index >= 15 is 0 Å². The molecule has 1 rings (SSSR count). The number of carbonyl (C=O) groups excluding carboxylic acids is 1. The molecule has 1 aliphatic rings. The van der Waals surface area contributed by atoms with Crippen LogP contribution >= 0.6 is 0 Å². The van der Waals surface area contributed by atoms with Crippen molar-refractivity contribution in [2.24, 2.45) is 0 Å². The topological polar surface area (TPSA) is 180 Å². The largest absolute Gasteiger partial charge is 0.463 e. The summed E-state index contributed by atoms with van der Waals surface area (Å²) < 4.78 is 45.0. The fourth-order valence-corrected chi connectivity index (χ4v) is 2.56. The Labute approximate surface area is 132 Å². The Morgan fingerprint density at radius 3 is 2.30 bits per heavy atom. The number of aliphatic hydroxyl groups excluding tert-OH is 4. The van der Waals surface area contributed by atoms with Crippen LogP contribution in [0.2, 0.25) is 0 Å². The van der Waals surface area contributed by atoms with Gasteiger partial charge in [0.1, 0.15) is 42.9 Å². The first-order valence-corrected chi connectivity index (χ1v) is 8.20. The molecule has 0 aromatic rings. The lowest BCUT2D eigenvalue weighted by Crippen LogP contribution is -2.60. The predicted molar refractivity (Wildman–Crippen MR) is 71.7 cm³/mol. The van der Waals surface area contributed by atoms with Crippen molar-refractivity contribution >= 4 is 16.1 Å². The van der Waals surface area contributed by atoms with Gasteiger partial charge in [-0.05, 0) is 0 Å². The Morgan fingerprint density at radius 2 is 1.78 bits per heavy atom. The Hall–Kier alpha value is -0.860. The second kappa shape index (κ2) is 8.30. The summed E-state index contributed by atoms with van der Waals surface area (Å²) in [6.45, 7) is 0.299. The summed E-state index contributed by atoms with van der Waals surface area (Å²) in [6, 6.07) is 0. The van der Waals surface area contributed by atoms with E-state index in [2.05, 4.69) is 4.74 Å². The summed E-state index contributed by atoms with van der Waals surface area (Å²) in [4.78, 5) is 10.6. The molecule has 0 saturated carbocycles. The Morgan fingerprint density at radius 1 is 1.17 bits per heavy atom. The van der Waals surface area contributed by atoms with E-state index in [4.69, 9.17) is 14.0 Å². The van der Waals surface area contributed by atoms with Gasteiger partial charge < -0.3 is 34.6 Å². The minimum absolute atomic E-state index is 0.377. The summed E-state index contributed by atoms with van der Waals surface area (Å²) in [6.07, 6.45) is -9.63. The molecular formula is C11H20O11S. The van der Waals surface area contributed by atoms with Crippen molar-refractivity contribution in [1.29, 1.82) is 0 Å². The summed E-state index contributed by atoms with van der Waals surface area (Å²) in [5.41, 5.74) is 0. The summed E-state index contributed by atoms with van der Waals surface area (Å²) in [5, 5.41) is 38.5. The lowest BCUT2D eigenvalue weighted by molar-refractivity contribution is -0.296. The van der Waals surface area contributed by atoms with Gasteiger partial charge in [0.15, 0.2) is 6.29 Å². The van der Waals surface area contributed by atoms with Gasteiger partial charge in [-0.3, -0.25) is 9.35 Å². The first-order valence-electron chi connectivity index (χ1n) is 6.59. The van der Waals surface area contributed by atoms with Gasteiger partial charge in [-0.2, -0.15) is 8.42 Å². The first-order chi connectivity index (χ1) is 10.5. The molecule has 136 valence electrons. The average molecular weight is 360 g/mol. The molecule has 1 fully saturated rings. The van der Waals surface area contributed by atoms with Crippen molar-refractivity contribution in [3.05, 3.63) is 0 Å². The van der Waals surface area contributed by atoms with Gasteiger partial charge in [-0.15, -0.1) is 0 Å². The third-order valence-electron chi connectivity index (χ3n) is 2.98. The SMILES string of the molecule is CC(=O)OC[C@@H](O)CO[C@@H]1O[C@H](CS(=O)(=O)O)[C@@H](O)[C@H](O)[C@H]1O. The smallest absolute Gasteiger partial charge is 0.302 e. The second-order valence-electron chi connectivity index (χ2n) is 5.05. The first kappa shape index (κ1) is 20.2. The molecule has 0 bridgehead atoms. The number of hydrogen-bond donors (Lipinski definition) is 5. The van der Waals surface area contributed by atoms with Crippen LogP contribution < -0.4 is 0 Å². The molecule has 0 spiro atoms. The summed E-state index contributed by atoms with van der Waals surface area (Å²) >= 11 is 0. The zero-order chi connectivity index (χ0) is 17.8. The molecular weight excluding hydrogens is 340 g/mol. The molecule has 0 aromatic heterocycles. The van der Waals surface area contributed by atoms with Crippen LogP contribution in [0.1, 0.15) is 6.92 Å². The van der Waals surface area contributed by atoms with Gasteiger partial charge >= 0.3 is 5.97 Å². The molecule has 11 nitrogen and oxygen atoms in total. The lowest BCUT2D eigenvalue weighted by Gasteiger charge is -2.40. The van der Waals surface area contributed by atoms with Crippen molar-refractivity contribution in [1.82, 2.24) is 0 Å². The Kier molecular flexibility index (Phi) is 7.29. The van der Waals surface area contributed by atoms with E-state index in [0.717, 1.165) is 6.92 Å². The van der Waals surface area contributed by atoms with Gasteiger partial charge in [-0.1, -0.05) is 0 Å². The van der Waals surface area contributed by atoms with E-state index in [9.17, 15) is 33.6 Å². The Bertz CT molecular complexity index is 492. The van der Waals surface area contributed by atoms with E-state index in [1.165, 1.54) is 0 Å². The zero-order valence-corrected chi connectivity index (χ0v) is 13.0. The number of carbonyl (C=O) groups is 1. The van der Waals surface area contributed by atoms with Crippen molar-refractivity contribution in [2.75, 3.05) is 19.0 Å². The van der Waals surface area contributed by atoms with Crippen molar-refractivity contribution in [3.8, 4) is 0 Å². The molecule has 5 N–H and O–H groups in total. The number of esters is 1. The molecule has 0 aliphatic carbocycles. The van der Waals surface area contributed by atoms with Crippen LogP contribution in [-0.4, -0.2) is 95.1 Å². The number of aliphatic hydroxyl groups is 4. The zero-order valence-electron chi connectivity index (χ0n) is 12.2. The highest BCUT2D eigenvalue weighted by molar-refractivity contribution is 7.85. The second-order valence-corrected chi connectivity index (χ2v) is 6.55. The van der Waals surface area contributed by atoms with Crippen LogP contribution in [0.3, 0.4) is 0 Å². The van der Waals surface area contributed by atoms with E-state index in [1.807, 2.05) is 0 Å².